The lowest BCUT2D eigenvalue weighted by Crippen LogP contribution is -2.54. The molecule has 6 heteroatoms. The maximum Gasteiger partial charge on any atom is 0.346 e. The summed E-state index contributed by atoms with van der Waals surface area (Å²) < 4.78 is 14.9. The summed E-state index contributed by atoms with van der Waals surface area (Å²) in [6.45, 7) is 0.155. The first-order valence-electron chi connectivity index (χ1n) is 3.68. The van der Waals surface area contributed by atoms with Crippen LogP contribution in [0, 0.1) is 0 Å². The van der Waals surface area contributed by atoms with E-state index in [4.69, 9.17) is 14.2 Å². The lowest BCUT2D eigenvalue weighted by Gasteiger charge is -2.26. The fourth-order valence-corrected chi connectivity index (χ4v) is 1.15. The van der Waals surface area contributed by atoms with Crippen molar-refractivity contribution >= 4 is 11.9 Å². The number of hydrogen-bond acceptors (Lipinski definition) is 4. The van der Waals surface area contributed by atoms with Crippen molar-refractivity contribution in [2.75, 3.05) is 27.9 Å². The Bertz CT molecular complexity index is 241. The van der Waals surface area contributed by atoms with E-state index in [1.165, 1.54) is 21.3 Å². The topological polar surface area (TPSA) is 69.2 Å². The maximum absolute atomic E-state index is 10.9. The Morgan fingerprint density at radius 2 is 2.15 bits per heavy atom. The van der Waals surface area contributed by atoms with Crippen LogP contribution in [0.15, 0.2) is 4.99 Å². The molecule has 0 aromatic heterocycles. The smallest absolute Gasteiger partial charge is 0.346 e. The molecule has 0 saturated carbocycles. The van der Waals surface area contributed by atoms with Crippen molar-refractivity contribution < 1.29 is 19.0 Å². The summed E-state index contributed by atoms with van der Waals surface area (Å²) in [6.07, 6.45) is 0. The van der Waals surface area contributed by atoms with Gasteiger partial charge in [0.15, 0.2) is 0 Å². The number of rotatable bonds is 3. The van der Waals surface area contributed by atoms with Crippen LogP contribution in [-0.4, -0.2) is 45.6 Å². The van der Waals surface area contributed by atoms with Gasteiger partial charge in [-0.05, 0) is 0 Å². The van der Waals surface area contributed by atoms with Gasteiger partial charge < -0.3 is 14.2 Å². The van der Waals surface area contributed by atoms with E-state index >= 15 is 0 Å². The van der Waals surface area contributed by atoms with Crippen molar-refractivity contribution in [2.24, 2.45) is 4.99 Å². The molecule has 0 aromatic carbocycles. The predicted molar refractivity (Wildman–Crippen MR) is 44.6 cm³/mol. The average molecular weight is 188 g/mol. The predicted octanol–water partition coefficient (Wildman–Crippen LogP) is -0.256. The Balaban J connectivity index is 2.87. The molecule has 1 aliphatic rings. The molecule has 0 aliphatic carbocycles. The zero-order valence-corrected chi connectivity index (χ0v) is 7.79. The first-order valence-corrected chi connectivity index (χ1v) is 3.68. The van der Waals surface area contributed by atoms with Crippen LogP contribution in [0.25, 0.3) is 0 Å². The molecule has 1 aliphatic heterocycles. The minimum atomic E-state index is -1.07. The van der Waals surface area contributed by atoms with Gasteiger partial charge in [0.1, 0.15) is 6.61 Å². The van der Waals surface area contributed by atoms with Gasteiger partial charge in [-0.1, -0.05) is 0 Å². The molecule has 0 aromatic rings. The Morgan fingerprint density at radius 1 is 1.46 bits per heavy atom. The van der Waals surface area contributed by atoms with E-state index in [-0.39, 0.29) is 12.5 Å². The van der Waals surface area contributed by atoms with Gasteiger partial charge in [0.05, 0.1) is 7.11 Å². The molecule has 0 spiro atoms. The van der Waals surface area contributed by atoms with Gasteiger partial charge in [-0.3, -0.25) is 5.32 Å². The van der Waals surface area contributed by atoms with Crippen LogP contribution in [0.4, 0.5) is 4.79 Å². The second kappa shape index (κ2) is 3.71. The molecule has 13 heavy (non-hydrogen) atoms. The van der Waals surface area contributed by atoms with Gasteiger partial charge in [-0.15, -0.1) is 0 Å². The highest BCUT2D eigenvalue weighted by atomic mass is 16.6. The summed E-state index contributed by atoms with van der Waals surface area (Å²) in [7, 11) is 4.36. The van der Waals surface area contributed by atoms with Gasteiger partial charge in [0, 0.05) is 14.2 Å². The van der Waals surface area contributed by atoms with Crippen molar-refractivity contribution in [3.63, 3.8) is 0 Å². The summed E-state index contributed by atoms with van der Waals surface area (Å²) >= 11 is 0. The second-order valence-corrected chi connectivity index (χ2v) is 2.52. The molecule has 1 rings (SSSR count). The van der Waals surface area contributed by atoms with Crippen LogP contribution in [0.2, 0.25) is 0 Å². The molecular formula is C7H12N2O4. The van der Waals surface area contributed by atoms with Crippen molar-refractivity contribution in [1.29, 1.82) is 0 Å². The zero-order chi connectivity index (χ0) is 9.90. The van der Waals surface area contributed by atoms with E-state index in [9.17, 15) is 4.79 Å². The molecule has 2 amide bonds. The quantitative estimate of drug-likeness (QED) is 0.662. The van der Waals surface area contributed by atoms with Crippen molar-refractivity contribution in [1.82, 2.24) is 5.32 Å². The largest absolute Gasteiger partial charge is 0.480 e. The molecule has 0 saturated heterocycles. The van der Waals surface area contributed by atoms with E-state index in [2.05, 4.69) is 10.3 Å². The summed E-state index contributed by atoms with van der Waals surface area (Å²) in [6, 6.07) is -0.490. The van der Waals surface area contributed by atoms with Crippen LogP contribution >= 0.6 is 0 Å². The van der Waals surface area contributed by atoms with E-state index in [0.29, 0.717) is 0 Å². The molecule has 1 N–H and O–H groups in total. The third-order valence-corrected chi connectivity index (χ3v) is 1.75. The SMILES string of the molecule is COCC1(OC)NC(=O)N=C1OC. The molecule has 74 valence electrons. The number of nitrogens with one attached hydrogen (secondary N) is 1. The third kappa shape index (κ3) is 1.63. The first kappa shape index (κ1) is 9.94. The molecule has 1 atom stereocenters. The lowest BCUT2D eigenvalue weighted by molar-refractivity contribution is -0.0358. The standard InChI is InChI=1S/C7H12N2O4/c1-11-4-7(13-3)5(12-2)8-6(10)9-7/h4H2,1-3H3,(H,9,10). The number of urea groups is 1. The average Bonchev–Trinajstić information content (AvgIpc) is 2.43. The number of carbonyl (C=O) groups excluding carboxylic acids is 1. The Labute approximate surface area is 75.9 Å². The van der Waals surface area contributed by atoms with E-state index in [1.54, 1.807) is 0 Å². The minimum Gasteiger partial charge on any atom is -0.480 e. The molecule has 0 bridgehead atoms. The minimum absolute atomic E-state index is 0.155. The monoisotopic (exact) mass is 188 g/mol. The fraction of sp³-hybridized carbons (Fsp3) is 0.714. The normalized spacial score (nSPS) is 27.0. The van der Waals surface area contributed by atoms with Gasteiger partial charge in [0.2, 0.25) is 11.6 Å². The molecule has 6 nitrogen and oxygen atoms in total. The summed E-state index contributed by atoms with van der Waals surface area (Å²) in [4.78, 5) is 14.5. The van der Waals surface area contributed by atoms with Gasteiger partial charge in [-0.2, -0.15) is 4.99 Å². The molecule has 1 heterocycles. The summed E-state index contributed by atoms with van der Waals surface area (Å²) in [5.41, 5.74) is -1.07. The number of hydrogen-bond donors (Lipinski definition) is 1. The number of methoxy groups -OCH3 is 3. The van der Waals surface area contributed by atoms with Crippen molar-refractivity contribution in [3.8, 4) is 0 Å². The summed E-state index contributed by atoms with van der Waals surface area (Å²) in [5, 5.41) is 2.50. The Hall–Kier alpha value is -1.14. The number of amides is 2. The number of nitrogens with zero attached hydrogens (tertiary/aromatic N) is 1. The highest BCUT2D eigenvalue weighted by Crippen LogP contribution is 2.16. The molecule has 1 unspecified atom stereocenters. The van der Waals surface area contributed by atoms with Gasteiger partial charge in [0.25, 0.3) is 0 Å². The fourth-order valence-electron chi connectivity index (χ4n) is 1.15. The zero-order valence-electron chi connectivity index (χ0n) is 7.79. The molecule has 0 fully saturated rings. The summed E-state index contributed by atoms with van der Waals surface area (Å²) in [5.74, 6) is 0.182. The van der Waals surface area contributed by atoms with Crippen molar-refractivity contribution in [2.45, 2.75) is 5.72 Å². The third-order valence-electron chi connectivity index (χ3n) is 1.75. The van der Waals surface area contributed by atoms with Crippen LogP contribution < -0.4 is 5.32 Å². The van der Waals surface area contributed by atoms with Crippen LogP contribution in [0.5, 0.6) is 0 Å². The van der Waals surface area contributed by atoms with Gasteiger partial charge in [-0.25, -0.2) is 4.79 Å². The van der Waals surface area contributed by atoms with E-state index in [0.717, 1.165) is 0 Å². The highest BCUT2D eigenvalue weighted by molar-refractivity contribution is 6.02. The van der Waals surface area contributed by atoms with Crippen LogP contribution in [-0.2, 0) is 14.2 Å². The number of aliphatic imine (C=N–C) groups is 1. The van der Waals surface area contributed by atoms with Crippen LogP contribution in [0.1, 0.15) is 0 Å². The first-order chi connectivity index (χ1) is 6.18. The maximum atomic E-state index is 10.9. The Kier molecular flexibility index (Phi) is 2.84. The lowest BCUT2D eigenvalue weighted by atomic mass is 10.2. The highest BCUT2D eigenvalue weighted by Gasteiger charge is 2.44. The Morgan fingerprint density at radius 3 is 2.62 bits per heavy atom. The van der Waals surface area contributed by atoms with Crippen LogP contribution in [0.3, 0.4) is 0 Å². The van der Waals surface area contributed by atoms with E-state index in [1.807, 2.05) is 0 Å². The van der Waals surface area contributed by atoms with E-state index < -0.39 is 11.8 Å². The molecule has 0 radical (unpaired) electrons. The van der Waals surface area contributed by atoms with Crippen molar-refractivity contribution in [3.05, 3.63) is 0 Å². The van der Waals surface area contributed by atoms with Gasteiger partial charge >= 0.3 is 6.03 Å². The second-order valence-electron chi connectivity index (χ2n) is 2.52. The number of carbonyl (C=O) groups is 1. The molecular weight excluding hydrogens is 176 g/mol. The number of ether oxygens (including phenoxy) is 3.